The molecule has 130 valence electrons. The zero-order valence-corrected chi connectivity index (χ0v) is 14.9. The van der Waals surface area contributed by atoms with Crippen LogP contribution in [0.4, 0.5) is 0 Å². The number of hydrogen-bond acceptors (Lipinski definition) is 3. The van der Waals surface area contributed by atoms with E-state index >= 15 is 0 Å². The Morgan fingerprint density at radius 2 is 1.17 bits per heavy atom. The van der Waals surface area contributed by atoms with Crippen LogP contribution in [-0.2, 0) is 0 Å². The lowest BCUT2D eigenvalue weighted by molar-refractivity contribution is 0.00895. The van der Waals surface area contributed by atoms with Crippen molar-refractivity contribution in [3.05, 3.63) is 0 Å². The molecular formula is C20H35N3. The van der Waals surface area contributed by atoms with E-state index in [0.717, 1.165) is 18.0 Å². The number of nitrogens with zero attached hydrogens (tertiary/aromatic N) is 3. The average Bonchev–Trinajstić information content (AvgIpc) is 3.16. The second-order valence-corrected chi connectivity index (χ2v) is 9.25. The maximum absolute atomic E-state index is 2.93. The first-order valence-electron chi connectivity index (χ1n) is 10.6. The molecule has 0 unspecified atom stereocenters. The smallest absolute Gasteiger partial charge is 0.0212 e. The van der Waals surface area contributed by atoms with Gasteiger partial charge in [0.25, 0.3) is 0 Å². The maximum atomic E-state index is 2.93. The summed E-state index contributed by atoms with van der Waals surface area (Å²) in [6.45, 7) is 8.29. The Morgan fingerprint density at radius 3 is 1.65 bits per heavy atom. The summed E-state index contributed by atoms with van der Waals surface area (Å²) in [6, 6.07) is 1.83. The van der Waals surface area contributed by atoms with Gasteiger partial charge in [-0.1, -0.05) is 0 Å². The highest BCUT2D eigenvalue weighted by molar-refractivity contribution is 5.05. The molecule has 5 rings (SSSR count). The molecule has 2 saturated carbocycles. The minimum absolute atomic E-state index is 0.667. The van der Waals surface area contributed by atoms with Crippen LogP contribution in [0.25, 0.3) is 0 Å². The second kappa shape index (κ2) is 6.00. The van der Waals surface area contributed by atoms with Crippen molar-refractivity contribution in [1.82, 2.24) is 14.7 Å². The number of piperidine rings is 2. The van der Waals surface area contributed by atoms with Gasteiger partial charge in [-0.25, -0.2) is 0 Å². The Hall–Kier alpha value is -0.120. The molecule has 0 aromatic carbocycles. The fourth-order valence-electron chi connectivity index (χ4n) is 6.63. The first-order chi connectivity index (χ1) is 11.3. The highest BCUT2D eigenvalue weighted by Crippen LogP contribution is 2.51. The number of rotatable bonds is 3. The van der Waals surface area contributed by atoms with Crippen molar-refractivity contribution in [2.45, 2.75) is 81.8 Å². The summed E-state index contributed by atoms with van der Waals surface area (Å²) in [5, 5.41) is 0. The third-order valence-corrected chi connectivity index (χ3v) is 8.26. The van der Waals surface area contributed by atoms with E-state index in [-0.39, 0.29) is 0 Å². The van der Waals surface area contributed by atoms with Crippen molar-refractivity contribution in [2.24, 2.45) is 5.92 Å². The van der Waals surface area contributed by atoms with Crippen LogP contribution in [0.1, 0.15) is 64.2 Å². The fourth-order valence-corrected chi connectivity index (χ4v) is 6.63. The predicted molar refractivity (Wildman–Crippen MR) is 94.7 cm³/mol. The summed E-state index contributed by atoms with van der Waals surface area (Å²) < 4.78 is 0. The molecule has 3 heterocycles. The van der Waals surface area contributed by atoms with E-state index in [4.69, 9.17) is 0 Å². The highest BCUT2D eigenvalue weighted by atomic mass is 15.3. The minimum atomic E-state index is 0.667. The molecule has 0 amide bonds. The SMILES string of the molecule is C1CN(C2CCN(C3CCN(C45CCC(CC4)C5)CC3)CC2)C1. The lowest BCUT2D eigenvalue weighted by Crippen LogP contribution is -2.56. The Kier molecular flexibility index (Phi) is 3.95. The van der Waals surface area contributed by atoms with E-state index in [9.17, 15) is 0 Å². The molecule has 3 saturated heterocycles. The fraction of sp³-hybridized carbons (Fsp3) is 1.00. The number of hydrogen-bond donors (Lipinski definition) is 0. The van der Waals surface area contributed by atoms with E-state index in [1.165, 1.54) is 97.1 Å². The van der Waals surface area contributed by atoms with Gasteiger partial charge in [0.05, 0.1) is 0 Å². The Balaban J connectivity index is 1.12. The molecule has 5 aliphatic rings. The molecule has 2 bridgehead atoms. The van der Waals surface area contributed by atoms with Crippen LogP contribution in [0.3, 0.4) is 0 Å². The van der Waals surface area contributed by atoms with Gasteiger partial charge in [0.1, 0.15) is 0 Å². The van der Waals surface area contributed by atoms with Crippen LogP contribution in [0.15, 0.2) is 0 Å². The summed E-state index contributed by atoms with van der Waals surface area (Å²) in [7, 11) is 0. The van der Waals surface area contributed by atoms with E-state index in [1.54, 1.807) is 6.42 Å². The van der Waals surface area contributed by atoms with E-state index in [2.05, 4.69) is 14.7 Å². The summed E-state index contributed by atoms with van der Waals surface area (Å²) in [4.78, 5) is 8.52. The van der Waals surface area contributed by atoms with Crippen LogP contribution in [-0.4, -0.2) is 71.6 Å². The molecule has 2 aliphatic carbocycles. The van der Waals surface area contributed by atoms with Crippen LogP contribution < -0.4 is 0 Å². The normalized spacial score (nSPS) is 41.5. The molecular weight excluding hydrogens is 282 g/mol. The Morgan fingerprint density at radius 1 is 0.609 bits per heavy atom. The summed E-state index contributed by atoms with van der Waals surface area (Å²) >= 11 is 0. The van der Waals surface area contributed by atoms with Gasteiger partial charge in [-0.2, -0.15) is 0 Å². The summed E-state index contributed by atoms with van der Waals surface area (Å²) in [5.41, 5.74) is 0.667. The third-order valence-electron chi connectivity index (χ3n) is 8.26. The van der Waals surface area contributed by atoms with Crippen LogP contribution in [0.5, 0.6) is 0 Å². The van der Waals surface area contributed by atoms with E-state index in [0.29, 0.717) is 5.54 Å². The molecule has 3 heteroatoms. The second-order valence-electron chi connectivity index (χ2n) is 9.25. The van der Waals surface area contributed by atoms with Gasteiger partial charge in [0, 0.05) is 30.7 Å². The third kappa shape index (κ3) is 2.67. The summed E-state index contributed by atoms with van der Waals surface area (Å²) in [5.74, 6) is 1.09. The van der Waals surface area contributed by atoms with Crippen molar-refractivity contribution in [1.29, 1.82) is 0 Å². The lowest BCUT2D eigenvalue weighted by atomic mass is 9.88. The molecule has 23 heavy (non-hydrogen) atoms. The maximum Gasteiger partial charge on any atom is 0.0212 e. The van der Waals surface area contributed by atoms with Gasteiger partial charge in [-0.15, -0.1) is 0 Å². The lowest BCUT2D eigenvalue weighted by Gasteiger charge is -2.49. The zero-order chi connectivity index (χ0) is 15.3. The van der Waals surface area contributed by atoms with Crippen molar-refractivity contribution in [3.8, 4) is 0 Å². The van der Waals surface area contributed by atoms with Crippen molar-refractivity contribution < 1.29 is 0 Å². The molecule has 0 aromatic rings. The van der Waals surface area contributed by atoms with Gasteiger partial charge >= 0.3 is 0 Å². The average molecular weight is 318 g/mol. The Labute approximate surface area is 142 Å². The topological polar surface area (TPSA) is 9.72 Å². The molecule has 0 spiro atoms. The van der Waals surface area contributed by atoms with Crippen molar-refractivity contribution >= 4 is 0 Å². The first kappa shape index (κ1) is 15.2. The van der Waals surface area contributed by atoms with E-state index in [1.807, 2.05) is 0 Å². The molecule has 0 radical (unpaired) electrons. The van der Waals surface area contributed by atoms with Crippen LogP contribution in [0.2, 0.25) is 0 Å². The molecule has 5 fully saturated rings. The minimum Gasteiger partial charge on any atom is -0.300 e. The van der Waals surface area contributed by atoms with Crippen molar-refractivity contribution in [3.63, 3.8) is 0 Å². The standard InChI is InChI=1S/C20H35N3/c1-10-21(11-1)18-4-12-22(13-5-18)19-6-14-23(15-7-19)20-8-2-17(16-20)3-9-20/h17-19H,1-16H2. The monoisotopic (exact) mass is 317 g/mol. The number of likely N-dealkylation sites (tertiary alicyclic amines) is 3. The van der Waals surface area contributed by atoms with E-state index < -0.39 is 0 Å². The largest absolute Gasteiger partial charge is 0.300 e. The molecule has 0 aromatic heterocycles. The predicted octanol–water partition coefficient (Wildman–Crippen LogP) is 2.95. The number of fused-ring (bicyclic) bond motifs is 2. The molecule has 3 nitrogen and oxygen atoms in total. The quantitative estimate of drug-likeness (QED) is 0.792. The van der Waals surface area contributed by atoms with Gasteiger partial charge in [0.15, 0.2) is 0 Å². The van der Waals surface area contributed by atoms with Gasteiger partial charge in [-0.05, 0) is 96.3 Å². The molecule has 3 aliphatic heterocycles. The molecule has 0 atom stereocenters. The van der Waals surface area contributed by atoms with Crippen LogP contribution in [0, 0.1) is 5.92 Å². The van der Waals surface area contributed by atoms with Crippen LogP contribution >= 0.6 is 0 Å². The summed E-state index contributed by atoms with van der Waals surface area (Å²) in [6.07, 6.45) is 14.8. The zero-order valence-electron chi connectivity index (χ0n) is 14.9. The van der Waals surface area contributed by atoms with Gasteiger partial charge < -0.3 is 9.80 Å². The van der Waals surface area contributed by atoms with Crippen molar-refractivity contribution in [2.75, 3.05) is 39.3 Å². The first-order valence-corrected chi connectivity index (χ1v) is 10.6. The van der Waals surface area contributed by atoms with Gasteiger partial charge in [-0.3, -0.25) is 4.90 Å². The van der Waals surface area contributed by atoms with Gasteiger partial charge in [0.2, 0.25) is 0 Å². The Bertz CT molecular complexity index is 409. The highest BCUT2D eigenvalue weighted by Gasteiger charge is 2.49. The molecule has 0 N–H and O–H groups in total.